The zero-order valence-corrected chi connectivity index (χ0v) is 13.1. The Morgan fingerprint density at radius 2 is 2.09 bits per heavy atom. The Morgan fingerprint density at radius 3 is 2.83 bits per heavy atom. The topological polar surface area (TPSA) is 71.8 Å². The van der Waals surface area contributed by atoms with Crippen molar-refractivity contribution in [3.05, 3.63) is 40.2 Å². The van der Waals surface area contributed by atoms with Gasteiger partial charge in [0, 0.05) is 25.2 Å². The van der Waals surface area contributed by atoms with Crippen LogP contribution in [0.4, 0.5) is 0 Å². The Labute approximate surface area is 134 Å². The van der Waals surface area contributed by atoms with E-state index in [4.69, 9.17) is 9.15 Å². The van der Waals surface area contributed by atoms with Crippen LogP contribution < -0.4 is 15.5 Å². The molecule has 1 aliphatic heterocycles. The van der Waals surface area contributed by atoms with Crippen LogP contribution in [0.5, 0.6) is 5.75 Å². The molecule has 1 saturated heterocycles. The van der Waals surface area contributed by atoms with Crippen molar-refractivity contribution in [1.82, 2.24) is 10.2 Å². The molecule has 0 atom stereocenters. The number of hydrogen-bond acceptors (Lipinski definition) is 5. The van der Waals surface area contributed by atoms with Gasteiger partial charge in [-0.15, -0.1) is 0 Å². The van der Waals surface area contributed by atoms with E-state index in [1.165, 1.54) is 26.0 Å². The molecule has 2 heterocycles. The minimum absolute atomic E-state index is 0.0252. The fraction of sp³-hybridized carbons (Fsp3) is 0.412. The van der Waals surface area contributed by atoms with Crippen LogP contribution in [-0.2, 0) is 0 Å². The summed E-state index contributed by atoms with van der Waals surface area (Å²) in [7, 11) is 1.54. The Bertz CT molecular complexity index is 763. The highest BCUT2D eigenvalue weighted by atomic mass is 16.5. The number of likely N-dealkylation sites (tertiary alicyclic amines) is 1. The molecule has 0 unspecified atom stereocenters. The van der Waals surface area contributed by atoms with Gasteiger partial charge in [0.25, 0.3) is 5.91 Å². The molecule has 6 heteroatoms. The predicted molar refractivity (Wildman–Crippen MR) is 87.0 cm³/mol. The van der Waals surface area contributed by atoms with Gasteiger partial charge in [0.2, 0.25) is 0 Å². The summed E-state index contributed by atoms with van der Waals surface area (Å²) in [6, 6.07) is 6.17. The average molecular weight is 316 g/mol. The SMILES string of the molecule is COc1ccc2c(=O)cc(C(=O)NCCN3CCCC3)oc2c1. The lowest BCUT2D eigenvalue weighted by Gasteiger charge is -2.14. The number of rotatable bonds is 5. The molecular weight excluding hydrogens is 296 g/mol. The van der Waals surface area contributed by atoms with Crippen molar-refractivity contribution in [3.63, 3.8) is 0 Å². The molecule has 0 aliphatic carbocycles. The number of nitrogens with zero attached hydrogens (tertiary/aromatic N) is 1. The second kappa shape index (κ2) is 6.83. The van der Waals surface area contributed by atoms with Gasteiger partial charge < -0.3 is 19.4 Å². The average Bonchev–Trinajstić information content (AvgIpc) is 3.07. The van der Waals surface area contributed by atoms with Gasteiger partial charge in [-0.1, -0.05) is 0 Å². The van der Waals surface area contributed by atoms with Crippen LogP contribution >= 0.6 is 0 Å². The smallest absolute Gasteiger partial charge is 0.287 e. The highest BCUT2D eigenvalue weighted by molar-refractivity contribution is 5.93. The molecular formula is C17H20N2O4. The number of fused-ring (bicyclic) bond motifs is 1. The lowest BCUT2D eigenvalue weighted by atomic mass is 10.2. The summed E-state index contributed by atoms with van der Waals surface area (Å²) in [6.07, 6.45) is 2.44. The van der Waals surface area contributed by atoms with Crippen molar-refractivity contribution < 1.29 is 13.9 Å². The van der Waals surface area contributed by atoms with Crippen LogP contribution in [0, 0.1) is 0 Å². The molecule has 122 valence electrons. The number of ether oxygens (including phenoxy) is 1. The number of carbonyl (C=O) groups is 1. The standard InChI is InChI=1S/C17H20N2O4/c1-22-12-4-5-13-14(20)11-16(23-15(13)10-12)17(21)18-6-9-19-7-2-3-8-19/h4-5,10-11H,2-3,6-9H2,1H3,(H,18,21). The number of methoxy groups -OCH3 is 1. The van der Waals surface area contributed by atoms with Gasteiger partial charge in [0.15, 0.2) is 11.2 Å². The molecule has 1 aromatic heterocycles. The van der Waals surface area contributed by atoms with E-state index < -0.39 is 0 Å². The molecule has 0 saturated carbocycles. The molecule has 0 spiro atoms. The first-order valence-corrected chi connectivity index (χ1v) is 7.80. The second-order valence-corrected chi connectivity index (χ2v) is 5.64. The van der Waals surface area contributed by atoms with Crippen LogP contribution in [0.1, 0.15) is 23.4 Å². The largest absolute Gasteiger partial charge is 0.497 e. The summed E-state index contributed by atoms with van der Waals surface area (Å²) in [6.45, 7) is 3.53. The molecule has 1 aliphatic rings. The van der Waals surface area contributed by atoms with Crippen molar-refractivity contribution in [2.75, 3.05) is 33.3 Å². The van der Waals surface area contributed by atoms with E-state index in [0.29, 0.717) is 23.3 Å². The third-order valence-corrected chi connectivity index (χ3v) is 4.07. The van der Waals surface area contributed by atoms with Gasteiger partial charge in [-0.3, -0.25) is 9.59 Å². The Hall–Kier alpha value is -2.34. The van der Waals surface area contributed by atoms with Crippen molar-refractivity contribution in [3.8, 4) is 5.75 Å². The molecule has 1 fully saturated rings. The predicted octanol–water partition coefficient (Wildman–Crippen LogP) is 1.63. The van der Waals surface area contributed by atoms with Crippen LogP contribution in [0.25, 0.3) is 11.0 Å². The molecule has 23 heavy (non-hydrogen) atoms. The minimum Gasteiger partial charge on any atom is -0.497 e. The van der Waals surface area contributed by atoms with Crippen LogP contribution in [0.3, 0.4) is 0 Å². The molecule has 2 aromatic rings. The van der Waals surface area contributed by atoms with E-state index >= 15 is 0 Å². The van der Waals surface area contributed by atoms with Crippen molar-refractivity contribution in [2.24, 2.45) is 0 Å². The first-order valence-electron chi connectivity index (χ1n) is 7.80. The second-order valence-electron chi connectivity index (χ2n) is 5.64. The molecule has 1 amide bonds. The summed E-state index contributed by atoms with van der Waals surface area (Å²) in [5, 5.41) is 3.23. The zero-order chi connectivity index (χ0) is 16.2. The number of carbonyl (C=O) groups excluding carboxylic acids is 1. The summed E-state index contributed by atoms with van der Waals surface area (Å²) in [5.74, 6) is 0.232. The number of nitrogens with one attached hydrogen (secondary N) is 1. The first kappa shape index (κ1) is 15.6. The molecule has 1 N–H and O–H groups in total. The van der Waals surface area contributed by atoms with E-state index in [1.54, 1.807) is 18.2 Å². The van der Waals surface area contributed by atoms with E-state index in [9.17, 15) is 9.59 Å². The van der Waals surface area contributed by atoms with Gasteiger partial charge in [-0.05, 0) is 38.1 Å². The van der Waals surface area contributed by atoms with Crippen LogP contribution in [-0.4, -0.2) is 44.1 Å². The minimum atomic E-state index is -0.369. The summed E-state index contributed by atoms with van der Waals surface area (Å²) >= 11 is 0. The molecule has 1 aromatic carbocycles. The molecule has 6 nitrogen and oxygen atoms in total. The van der Waals surface area contributed by atoms with Crippen LogP contribution in [0.2, 0.25) is 0 Å². The fourth-order valence-electron chi connectivity index (χ4n) is 2.80. The normalized spacial score (nSPS) is 15.0. The third-order valence-electron chi connectivity index (χ3n) is 4.07. The van der Waals surface area contributed by atoms with Crippen molar-refractivity contribution in [1.29, 1.82) is 0 Å². The molecule has 3 rings (SSSR count). The summed E-state index contributed by atoms with van der Waals surface area (Å²) in [5.41, 5.74) is 0.111. The molecule has 0 bridgehead atoms. The number of benzene rings is 1. The summed E-state index contributed by atoms with van der Waals surface area (Å²) in [4.78, 5) is 26.6. The summed E-state index contributed by atoms with van der Waals surface area (Å²) < 4.78 is 10.7. The van der Waals surface area contributed by atoms with E-state index in [-0.39, 0.29) is 17.1 Å². The zero-order valence-electron chi connectivity index (χ0n) is 13.1. The fourth-order valence-corrected chi connectivity index (χ4v) is 2.80. The van der Waals surface area contributed by atoms with E-state index in [2.05, 4.69) is 10.2 Å². The van der Waals surface area contributed by atoms with E-state index in [0.717, 1.165) is 19.6 Å². The van der Waals surface area contributed by atoms with Gasteiger partial charge >= 0.3 is 0 Å². The maximum atomic E-state index is 12.2. The van der Waals surface area contributed by atoms with E-state index in [1.807, 2.05) is 0 Å². The number of amides is 1. The Balaban J connectivity index is 1.73. The van der Waals surface area contributed by atoms with Gasteiger partial charge in [0.1, 0.15) is 11.3 Å². The first-order chi connectivity index (χ1) is 11.2. The maximum Gasteiger partial charge on any atom is 0.287 e. The van der Waals surface area contributed by atoms with Crippen LogP contribution in [0.15, 0.2) is 33.5 Å². The lowest BCUT2D eigenvalue weighted by molar-refractivity contribution is 0.0922. The van der Waals surface area contributed by atoms with Gasteiger partial charge in [-0.25, -0.2) is 0 Å². The lowest BCUT2D eigenvalue weighted by Crippen LogP contribution is -2.33. The Morgan fingerprint density at radius 1 is 1.30 bits per heavy atom. The van der Waals surface area contributed by atoms with Gasteiger partial charge in [-0.2, -0.15) is 0 Å². The number of hydrogen-bond donors (Lipinski definition) is 1. The van der Waals surface area contributed by atoms with Gasteiger partial charge in [0.05, 0.1) is 12.5 Å². The monoisotopic (exact) mass is 316 g/mol. The third kappa shape index (κ3) is 3.53. The Kier molecular flexibility index (Phi) is 4.62. The molecule has 0 radical (unpaired) electrons. The maximum absolute atomic E-state index is 12.2. The highest BCUT2D eigenvalue weighted by Gasteiger charge is 2.14. The van der Waals surface area contributed by atoms with Crippen molar-refractivity contribution in [2.45, 2.75) is 12.8 Å². The highest BCUT2D eigenvalue weighted by Crippen LogP contribution is 2.19. The quantitative estimate of drug-likeness (QED) is 0.908. The van der Waals surface area contributed by atoms with Crippen molar-refractivity contribution >= 4 is 16.9 Å².